The zero-order chi connectivity index (χ0) is 26.7. The number of rotatable bonds is 6. The Morgan fingerprint density at radius 2 is 1.95 bits per heavy atom. The summed E-state index contributed by atoms with van der Waals surface area (Å²) in [5, 5.41) is 4.98. The van der Waals surface area contributed by atoms with Crippen molar-refractivity contribution in [3.05, 3.63) is 87.9 Å². The van der Waals surface area contributed by atoms with Crippen LogP contribution in [0.2, 0.25) is 0 Å². The molecule has 2 aromatic carbocycles. The van der Waals surface area contributed by atoms with E-state index >= 15 is 0 Å². The third-order valence-electron chi connectivity index (χ3n) is 5.15. The number of nitrogens with one attached hydrogen (secondary N) is 3. The third kappa shape index (κ3) is 5.77. The number of ether oxygens (including phenoxy) is 1. The van der Waals surface area contributed by atoms with Crippen LogP contribution in [-0.4, -0.2) is 33.1 Å². The summed E-state index contributed by atoms with van der Waals surface area (Å²) in [5.74, 6) is -1.53. The first-order chi connectivity index (χ1) is 17.5. The van der Waals surface area contributed by atoms with Gasteiger partial charge in [-0.3, -0.25) is 4.79 Å². The molecule has 13 heteroatoms. The number of hydrogen-bond acceptors (Lipinski definition) is 5. The van der Waals surface area contributed by atoms with Crippen molar-refractivity contribution < 1.29 is 31.9 Å². The normalized spacial score (nSPS) is 11.4. The van der Waals surface area contributed by atoms with E-state index in [9.17, 15) is 31.9 Å². The van der Waals surface area contributed by atoms with Crippen LogP contribution in [0, 0.1) is 5.82 Å². The van der Waals surface area contributed by atoms with Crippen LogP contribution in [-0.2, 0) is 17.5 Å². The summed E-state index contributed by atoms with van der Waals surface area (Å²) in [5.41, 5.74) is -2.51. The van der Waals surface area contributed by atoms with Crippen LogP contribution in [0.5, 0.6) is 0 Å². The van der Waals surface area contributed by atoms with Crippen LogP contribution < -0.4 is 16.2 Å². The molecule has 4 aromatic rings. The predicted molar refractivity (Wildman–Crippen MR) is 125 cm³/mol. The van der Waals surface area contributed by atoms with Crippen LogP contribution in [0.1, 0.15) is 28.5 Å². The maximum Gasteiger partial charge on any atom is 0.418 e. The molecule has 0 radical (unpaired) electrons. The number of amides is 2. The van der Waals surface area contributed by atoms with Crippen molar-refractivity contribution in [1.29, 1.82) is 0 Å². The van der Waals surface area contributed by atoms with E-state index in [0.29, 0.717) is 5.56 Å². The highest BCUT2D eigenvalue weighted by Crippen LogP contribution is 2.36. The molecule has 0 spiro atoms. The number of halogens is 4. The Labute approximate surface area is 206 Å². The third-order valence-corrected chi connectivity index (χ3v) is 5.15. The van der Waals surface area contributed by atoms with Gasteiger partial charge in [0.25, 0.3) is 5.56 Å². The number of carbonyl (C=O) groups is 2. The predicted octanol–water partition coefficient (Wildman–Crippen LogP) is 4.37. The number of anilines is 1. The highest BCUT2D eigenvalue weighted by molar-refractivity contribution is 5.90. The van der Waals surface area contributed by atoms with Gasteiger partial charge in [0.05, 0.1) is 28.9 Å². The maximum atomic E-state index is 13.9. The summed E-state index contributed by atoms with van der Waals surface area (Å²) in [6.45, 7) is 1.47. The lowest BCUT2D eigenvalue weighted by Crippen LogP contribution is -2.28. The van der Waals surface area contributed by atoms with Gasteiger partial charge in [-0.15, -0.1) is 0 Å². The summed E-state index contributed by atoms with van der Waals surface area (Å²) in [4.78, 5) is 42.4. The molecule has 0 aliphatic heterocycles. The second-order valence-corrected chi connectivity index (χ2v) is 7.76. The first-order valence-corrected chi connectivity index (χ1v) is 10.8. The fraction of sp³-hybridized carbons (Fsp3) is 0.167. The van der Waals surface area contributed by atoms with E-state index in [1.54, 1.807) is 0 Å². The van der Waals surface area contributed by atoms with Crippen LogP contribution in [0.15, 0.2) is 59.7 Å². The molecule has 2 heterocycles. The van der Waals surface area contributed by atoms with Crippen LogP contribution in [0.4, 0.5) is 28.0 Å². The van der Waals surface area contributed by atoms with Crippen molar-refractivity contribution in [2.24, 2.45) is 0 Å². The van der Waals surface area contributed by atoms with Gasteiger partial charge in [-0.1, -0.05) is 6.07 Å². The number of urea groups is 1. The van der Waals surface area contributed by atoms with Gasteiger partial charge in [0.1, 0.15) is 5.82 Å². The Bertz CT molecular complexity index is 1540. The number of aromatic amines is 1. The van der Waals surface area contributed by atoms with Gasteiger partial charge in [0.15, 0.2) is 0 Å². The summed E-state index contributed by atoms with van der Waals surface area (Å²) in [6.07, 6.45) is -2.06. The molecule has 192 valence electrons. The molecule has 3 N–H and O–H groups in total. The lowest BCUT2D eigenvalue weighted by atomic mass is 10.1. The molecule has 0 unspecified atom stereocenters. The molecule has 9 nitrogen and oxygen atoms in total. The first kappa shape index (κ1) is 25.4. The van der Waals surface area contributed by atoms with Crippen molar-refractivity contribution in [2.75, 3.05) is 11.9 Å². The molecule has 0 atom stereocenters. The Hall–Kier alpha value is -4.68. The summed E-state index contributed by atoms with van der Waals surface area (Å²) in [7, 11) is 0. The molecule has 0 aliphatic rings. The summed E-state index contributed by atoms with van der Waals surface area (Å²) in [6, 6.07) is 7.95. The van der Waals surface area contributed by atoms with Crippen molar-refractivity contribution in [3.63, 3.8) is 0 Å². The van der Waals surface area contributed by atoms with Gasteiger partial charge in [0, 0.05) is 24.6 Å². The molecule has 0 saturated heterocycles. The van der Waals surface area contributed by atoms with Crippen molar-refractivity contribution >= 4 is 28.7 Å². The number of H-pyrrole nitrogens is 1. The maximum absolute atomic E-state index is 13.9. The number of nitrogens with zero attached hydrogens (tertiary/aromatic N) is 2. The topological polar surface area (TPSA) is 118 Å². The second kappa shape index (κ2) is 10.1. The van der Waals surface area contributed by atoms with E-state index in [4.69, 9.17) is 4.74 Å². The van der Waals surface area contributed by atoms with Crippen molar-refractivity contribution in [2.45, 2.75) is 19.6 Å². The SMILES string of the molecule is CCOC(=O)c1nc2cc(-n3ccc(CNC(=O)Nc4cccc(F)c4)c3)c(C(F)(F)F)cc2[nH]c1=O. The fourth-order valence-corrected chi connectivity index (χ4v) is 3.52. The highest BCUT2D eigenvalue weighted by Gasteiger charge is 2.35. The van der Waals surface area contributed by atoms with Gasteiger partial charge in [-0.25, -0.2) is 19.0 Å². The minimum atomic E-state index is -4.78. The monoisotopic (exact) mass is 517 g/mol. The van der Waals surface area contributed by atoms with Crippen LogP contribution >= 0.6 is 0 Å². The fourth-order valence-electron chi connectivity index (χ4n) is 3.52. The Kier molecular flexibility index (Phi) is 6.96. The first-order valence-electron chi connectivity index (χ1n) is 10.8. The molecule has 0 bridgehead atoms. The van der Waals surface area contributed by atoms with E-state index < -0.39 is 40.8 Å². The Morgan fingerprint density at radius 1 is 1.16 bits per heavy atom. The van der Waals surface area contributed by atoms with E-state index in [1.165, 1.54) is 48.1 Å². The van der Waals surface area contributed by atoms with Crippen molar-refractivity contribution in [3.8, 4) is 5.69 Å². The molecule has 0 saturated carbocycles. The number of esters is 1. The van der Waals surface area contributed by atoms with Crippen LogP contribution in [0.25, 0.3) is 16.7 Å². The van der Waals surface area contributed by atoms with E-state index in [-0.39, 0.29) is 35.6 Å². The number of alkyl halides is 3. The van der Waals surface area contributed by atoms with Gasteiger partial charge < -0.3 is 24.9 Å². The van der Waals surface area contributed by atoms with Gasteiger partial charge >= 0.3 is 18.2 Å². The smallest absolute Gasteiger partial charge is 0.418 e. The molecule has 37 heavy (non-hydrogen) atoms. The largest absolute Gasteiger partial charge is 0.461 e. The average molecular weight is 517 g/mol. The molecule has 0 fully saturated rings. The van der Waals surface area contributed by atoms with Crippen molar-refractivity contribution in [1.82, 2.24) is 19.9 Å². The Morgan fingerprint density at radius 3 is 2.65 bits per heavy atom. The number of fused-ring (bicyclic) bond motifs is 1. The minimum Gasteiger partial charge on any atom is -0.461 e. The van der Waals surface area contributed by atoms with Gasteiger partial charge in [0.2, 0.25) is 5.69 Å². The molecule has 2 amide bonds. The molecule has 0 aliphatic carbocycles. The van der Waals surface area contributed by atoms with E-state index in [1.807, 2.05) is 0 Å². The zero-order valence-electron chi connectivity index (χ0n) is 19.1. The highest BCUT2D eigenvalue weighted by atomic mass is 19.4. The zero-order valence-corrected chi connectivity index (χ0v) is 19.1. The second-order valence-electron chi connectivity index (χ2n) is 7.76. The quantitative estimate of drug-likeness (QED) is 0.259. The van der Waals surface area contributed by atoms with Crippen LogP contribution in [0.3, 0.4) is 0 Å². The lowest BCUT2D eigenvalue weighted by molar-refractivity contribution is -0.137. The standard InChI is InChI=1S/C24H19F4N5O4/c1-2-37-22(35)20-21(34)32-17-9-16(24(26,27)28)19(10-18(17)31-20)33-7-6-13(12-33)11-29-23(36)30-15-5-3-4-14(25)8-15/h3-10,12H,2,11H2,1H3,(H,32,34)(H2,29,30,36). The Balaban J connectivity index is 1.62. The number of hydrogen-bond donors (Lipinski definition) is 3. The van der Waals surface area contributed by atoms with Gasteiger partial charge in [-0.2, -0.15) is 13.2 Å². The molecule has 4 rings (SSSR count). The molecule has 2 aromatic heterocycles. The van der Waals surface area contributed by atoms with E-state index in [0.717, 1.165) is 18.2 Å². The summed E-state index contributed by atoms with van der Waals surface area (Å²) < 4.78 is 60.8. The average Bonchev–Trinajstić information content (AvgIpc) is 3.30. The van der Waals surface area contributed by atoms with E-state index in [2.05, 4.69) is 20.6 Å². The number of benzene rings is 2. The number of carbonyl (C=O) groups excluding carboxylic acids is 2. The minimum absolute atomic E-state index is 0.0172. The van der Waals surface area contributed by atoms with Gasteiger partial charge in [-0.05, 0) is 48.9 Å². The summed E-state index contributed by atoms with van der Waals surface area (Å²) >= 11 is 0. The lowest BCUT2D eigenvalue weighted by Gasteiger charge is -2.15. The number of aromatic nitrogens is 3. The molecular formula is C24H19F4N5O4. The molecular weight excluding hydrogens is 498 g/mol.